The summed E-state index contributed by atoms with van der Waals surface area (Å²) in [4.78, 5) is 11.4. The van der Waals surface area contributed by atoms with Crippen molar-refractivity contribution in [2.75, 3.05) is 5.32 Å². The Bertz CT molecular complexity index is 574. The Hall–Kier alpha value is -2.50. The van der Waals surface area contributed by atoms with E-state index in [-0.39, 0.29) is 5.91 Å². The maximum absolute atomic E-state index is 11.4. The number of nitrogens with one attached hydrogen (secondary N) is 1. The van der Waals surface area contributed by atoms with Gasteiger partial charge >= 0.3 is 0 Å². The van der Waals surface area contributed by atoms with E-state index >= 15 is 0 Å². The van der Waals surface area contributed by atoms with Gasteiger partial charge in [0.2, 0.25) is 5.91 Å². The maximum atomic E-state index is 11.4. The summed E-state index contributed by atoms with van der Waals surface area (Å²) >= 11 is 0. The van der Waals surface area contributed by atoms with Gasteiger partial charge in [0.25, 0.3) is 0 Å². The topological polar surface area (TPSA) is 72.7 Å². The van der Waals surface area contributed by atoms with Crippen LogP contribution >= 0.6 is 0 Å². The summed E-state index contributed by atoms with van der Waals surface area (Å²) in [5, 5.41) is 13.8. The van der Waals surface area contributed by atoms with Gasteiger partial charge in [0.1, 0.15) is 6.33 Å². The third-order valence-electron chi connectivity index (χ3n) is 2.38. The van der Waals surface area contributed by atoms with Gasteiger partial charge in [0.05, 0.1) is 5.69 Å². The number of benzene rings is 1. The second-order valence-corrected chi connectivity index (χ2v) is 3.74. The Morgan fingerprint density at radius 2 is 2.28 bits per heavy atom. The van der Waals surface area contributed by atoms with Gasteiger partial charge < -0.3 is 5.32 Å². The number of anilines is 1. The van der Waals surface area contributed by atoms with Crippen LogP contribution in [0.3, 0.4) is 0 Å². The zero-order valence-corrected chi connectivity index (χ0v) is 10.2. The molecule has 0 aliphatic heterocycles. The van der Waals surface area contributed by atoms with Crippen molar-refractivity contribution in [2.45, 2.75) is 13.8 Å². The van der Waals surface area contributed by atoms with Crippen molar-refractivity contribution in [1.29, 1.82) is 0 Å². The molecule has 2 aromatic rings. The standard InChI is InChI=1S/C12H13N5O/c1-3-4-12(18)14-10-5-6-11(9(2)7-10)17-8-13-15-16-17/h3-8H,1-2H3,(H,14,18). The number of carbonyl (C=O) groups is 1. The summed E-state index contributed by atoms with van der Waals surface area (Å²) in [5.74, 6) is -0.146. The fourth-order valence-electron chi connectivity index (χ4n) is 1.60. The van der Waals surface area contributed by atoms with Gasteiger partial charge in [-0.2, -0.15) is 0 Å². The van der Waals surface area contributed by atoms with E-state index in [0.717, 1.165) is 16.9 Å². The number of hydrogen-bond donors (Lipinski definition) is 1. The number of aromatic nitrogens is 4. The molecule has 0 saturated heterocycles. The highest BCUT2D eigenvalue weighted by atomic mass is 16.1. The van der Waals surface area contributed by atoms with E-state index in [9.17, 15) is 4.79 Å². The Morgan fingerprint density at radius 3 is 2.89 bits per heavy atom. The van der Waals surface area contributed by atoms with Crippen molar-refractivity contribution < 1.29 is 4.79 Å². The van der Waals surface area contributed by atoms with Gasteiger partial charge in [0, 0.05) is 5.69 Å². The van der Waals surface area contributed by atoms with Crippen LogP contribution in [0.4, 0.5) is 5.69 Å². The molecule has 0 aliphatic rings. The Balaban J connectivity index is 2.23. The number of nitrogens with zero attached hydrogens (tertiary/aromatic N) is 4. The summed E-state index contributed by atoms with van der Waals surface area (Å²) in [7, 11) is 0. The first kappa shape index (κ1) is 12.0. The molecule has 0 bridgehead atoms. The van der Waals surface area contributed by atoms with Crippen LogP contribution in [0.5, 0.6) is 0 Å². The second-order valence-electron chi connectivity index (χ2n) is 3.74. The summed E-state index contributed by atoms with van der Waals surface area (Å²) in [6, 6.07) is 5.54. The van der Waals surface area contributed by atoms with E-state index < -0.39 is 0 Å². The monoisotopic (exact) mass is 243 g/mol. The van der Waals surface area contributed by atoms with Gasteiger partial charge in [-0.1, -0.05) is 6.08 Å². The Morgan fingerprint density at radius 1 is 1.44 bits per heavy atom. The summed E-state index contributed by atoms with van der Waals surface area (Å²) in [5.41, 5.74) is 2.59. The van der Waals surface area contributed by atoms with Gasteiger partial charge in [-0.25, -0.2) is 4.68 Å². The summed E-state index contributed by atoms with van der Waals surface area (Å²) in [6.07, 6.45) is 4.70. The Labute approximate surface area is 104 Å². The first-order valence-electron chi connectivity index (χ1n) is 5.48. The molecule has 0 saturated carbocycles. The first-order chi connectivity index (χ1) is 8.70. The number of rotatable bonds is 3. The molecule has 6 nitrogen and oxygen atoms in total. The molecule has 0 fully saturated rings. The quantitative estimate of drug-likeness (QED) is 0.829. The predicted octanol–water partition coefficient (Wildman–Crippen LogP) is 1.49. The fourth-order valence-corrected chi connectivity index (χ4v) is 1.60. The highest BCUT2D eigenvalue weighted by Crippen LogP contribution is 2.17. The molecule has 0 aliphatic carbocycles. The molecular formula is C12H13N5O. The molecule has 0 radical (unpaired) electrons. The number of allylic oxidation sites excluding steroid dienone is 1. The lowest BCUT2D eigenvalue weighted by Gasteiger charge is -2.07. The highest BCUT2D eigenvalue weighted by molar-refractivity contribution is 5.99. The normalized spacial score (nSPS) is 10.8. The first-order valence-corrected chi connectivity index (χ1v) is 5.48. The molecule has 1 aromatic heterocycles. The minimum absolute atomic E-state index is 0.146. The van der Waals surface area contributed by atoms with E-state index in [4.69, 9.17) is 0 Å². The Kier molecular flexibility index (Phi) is 3.47. The van der Waals surface area contributed by atoms with Crippen molar-refractivity contribution >= 4 is 11.6 Å². The molecule has 0 atom stereocenters. The van der Waals surface area contributed by atoms with Crippen molar-refractivity contribution in [3.63, 3.8) is 0 Å². The van der Waals surface area contributed by atoms with Crippen LogP contribution in [0.15, 0.2) is 36.7 Å². The molecule has 0 spiro atoms. The van der Waals surface area contributed by atoms with Gasteiger partial charge in [-0.05, 0) is 54.1 Å². The minimum atomic E-state index is -0.146. The van der Waals surface area contributed by atoms with E-state index in [1.54, 1.807) is 17.7 Å². The average molecular weight is 243 g/mol. The van der Waals surface area contributed by atoms with Crippen molar-refractivity contribution in [3.8, 4) is 5.69 Å². The second kappa shape index (κ2) is 5.22. The smallest absolute Gasteiger partial charge is 0.248 e. The molecule has 1 N–H and O–H groups in total. The molecule has 1 aromatic carbocycles. The molecule has 6 heteroatoms. The lowest BCUT2D eigenvalue weighted by Crippen LogP contribution is -2.08. The van der Waals surface area contributed by atoms with Crippen LogP contribution in [-0.4, -0.2) is 26.1 Å². The minimum Gasteiger partial charge on any atom is -0.323 e. The molecular weight excluding hydrogens is 230 g/mol. The lowest BCUT2D eigenvalue weighted by molar-refractivity contribution is -0.111. The largest absolute Gasteiger partial charge is 0.323 e. The predicted molar refractivity (Wildman–Crippen MR) is 67.3 cm³/mol. The number of carbonyl (C=O) groups excluding carboxylic acids is 1. The van der Waals surface area contributed by atoms with E-state index in [0.29, 0.717) is 0 Å². The van der Waals surface area contributed by atoms with Crippen LogP contribution in [0, 0.1) is 6.92 Å². The molecule has 92 valence electrons. The molecule has 1 heterocycles. The van der Waals surface area contributed by atoms with Crippen LogP contribution in [0.1, 0.15) is 12.5 Å². The number of tetrazole rings is 1. The van der Waals surface area contributed by atoms with Gasteiger partial charge in [0.15, 0.2) is 0 Å². The summed E-state index contributed by atoms with van der Waals surface area (Å²) < 4.78 is 1.58. The van der Waals surface area contributed by atoms with Crippen LogP contribution in [0.25, 0.3) is 5.69 Å². The number of amides is 1. The third-order valence-corrected chi connectivity index (χ3v) is 2.38. The molecule has 2 rings (SSSR count). The zero-order chi connectivity index (χ0) is 13.0. The third kappa shape index (κ3) is 2.60. The number of aryl methyl sites for hydroxylation is 1. The van der Waals surface area contributed by atoms with Crippen LogP contribution in [0.2, 0.25) is 0 Å². The highest BCUT2D eigenvalue weighted by Gasteiger charge is 2.04. The van der Waals surface area contributed by atoms with Gasteiger partial charge in [-0.15, -0.1) is 5.10 Å². The van der Waals surface area contributed by atoms with Crippen molar-refractivity contribution in [3.05, 3.63) is 42.2 Å². The van der Waals surface area contributed by atoms with Gasteiger partial charge in [-0.3, -0.25) is 4.79 Å². The van der Waals surface area contributed by atoms with Crippen LogP contribution in [-0.2, 0) is 4.79 Å². The SMILES string of the molecule is CC=CC(=O)Nc1ccc(-n2cnnn2)c(C)c1. The zero-order valence-electron chi connectivity index (χ0n) is 10.2. The van der Waals surface area contributed by atoms with E-state index in [1.165, 1.54) is 12.4 Å². The molecule has 1 amide bonds. The van der Waals surface area contributed by atoms with Crippen molar-refractivity contribution in [1.82, 2.24) is 20.2 Å². The molecule has 0 unspecified atom stereocenters. The lowest BCUT2D eigenvalue weighted by atomic mass is 10.2. The summed E-state index contributed by atoms with van der Waals surface area (Å²) in [6.45, 7) is 3.73. The maximum Gasteiger partial charge on any atom is 0.248 e. The van der Waals surface area contributed by atoms with Crippen molar-refractivity contribution in [2.24, 2.45) is 0 Å². The van der Waals surface area contributed by atoms with E-state index in [2.05, 4.69) is 20.8 Å². The van der Waals surface area contributed by atoms with E-state index in [1.807, 2.05) is 25.1 Å². The molecule has 18 heavy (non-hydrogen) atoms. The van der Waals surface area contributed by atoms with Crippen LogP contribution < -0.4 is 5.32 Å². The number of hydrogen-bond acceptors (Lipinski definition) is 4. The average Bonchev–Trinajstić information content (AvgIpc) is 2.82. The fraction of sp³-hybridized carbons (Fsp3) is 0.167.